The number of nitrogens with zero attached hydrogens (tertiary/aromatic N) is 2. The molecular weight excluding hydrogens is 386 g/mol. The van der Waals surface area contributed by atoms with Gasteiger partial charge in [0.2, 0.25) is 5.91 Å². The molecule has 0 aliphatic carbocycles. The Bertz CT molecular complexity index is 854. The van der Waals surface area contributed by atoms with Gasteiger partial charge in [-0.05, 0) is 56.4 Å². The maximum atomic E-state index is 14.0. The van der Waals surface area contributed by atoms with Gasteiger partial charge in [-0.25, -0.2) is 4.79 Å². The second-order valence-corrected chi connectivity index (χ2v) is 9.83. The number of carbonyl (C=O) groups excluding carboxylic acids is 2. The number of hydrogen-bond acceptors (Lipinski definition) is 2. The molecule has 1 N–H and O–H groups in total. The summed E-state index contributed by atoms with van der Waals surface area (Å²) < 4.78 is 0. The summed E-state index contributed by atoms with van der Waals surface area (Å²) in [6.07, 6.45) is 4.75. The number of amides is 3. The van der Waals surface area contributed by atoms with E-state index in [1.807, 2.05) is 86.3 Å². The summed E-state index contributed by atoms with van der Waals surface area (Å²) in [5, 5.41) is 3.25. The average Bonchev–Trinajstić information content (AvgIpc) is 2.74. The van der Waals surface area contributed by atoms with Crippen LogP contribution in [-0.2, 0) is 4.79 Å². The van der Waals surface area contributed by atoms with Crippen molar-refractivity contribution in [1.29, 1.82) is 0 Å². The van der Waals surface area contributed by atoms with Gasteiger partial charge in [0, 0.05) is 23.5 Å². The minimum atomic E-state index is -0.403. The first-order valence-electron chi connectivity index (χ1n) is 11.4. The molecule has 2 aliphatic rings. The van der Waals surface area contributed by atoms with E-state index in [9.17, 15) is 9.59 Å². The fraction of sp³-hybridized carbons (Fsp3) is 0.462. The summed E-state index contributed by atoms with van der Waals surface area (Å²) in [4.78, 5) is 30.4. The molecule has 4 rings (SSSR count). The number of rotatable bonds is 3. The standard InChI is InChI=1S/C26H33N3O2/c1-26(2,3)24(30)27-19-17-22-15-10-16-23(18-19)29(22)25(31)28(20-11-6-4-7-12-20)21-13-8-5-9-14-21/h4-9,11-14,19,22-23H,10,15-18H2,1-3H3,(H,27,30). The zero-order valence-electron chi connectivity index (χ0n) is 18.8. The van der Waals surface area contributed by atoms with Crippen molar-refractivity contribution in [2.45, 2.75) is 71.0 Å². The van der Waals surface area contributed by atoms with Gasteiger partial charge in [0.05, 0.1) is 11.4 Å². The molecule has 3 amide bonds. The maximum absolute atomic E-state index is 14.0. The second kappa shape index (κ2) is 8.74. The number of para-hydroxylation sites is 2. The van der Waals surface area contributed by atoms with Crippen LogP contribution in [0.1, 0.15) is 52.9 Å². The summed E-state index contributed by atoms with van der Waals surface area (Å²) in [6, 6.07) is 20.2. The Balaban J connectivity index is 1.59. The third-order valence-corrected chi connectivity index (χ3v) is 6.43. The van der Waals surface area contributed by atoms with Gasteiger partial charge < -0.3 is 10.2 Å². The van der Waals surface area contributed by atoms with Gasteiger partial charge in [0.1, 0.15) is 0 Å². The maximum Gasteiger partial charge on any atom is 0.329 e. The summed E-state index contributed by atoms with van der Waals surface area (Å²) in [5.41, 5.74) is 1.35. The first kappa shape index (κ1) is 21.4. The number of nitrogens with one attached hydrogen (secondary N) is 1. The fourth-order valence-electron chi connectivity index (χ4n) is 4.85. The van der Waals surface area contributed by atoms with Crippen LogP contribution in [0.3, 0.4) is 0 Å². The molecule has 2 heterocycles. The molecule has 2 atom stereocenters. The third kappa shape index (κ3) is 4.60. The lowest BCUT2D eigenvalue weighted by atomic mass is 9.81. The Labute approximate surface area is 185 Å². The van der Waals surface area contributed by atoms with E-state index in [1.54, 1.807) is 0 Å². The molecule has 164 valence electrons. The average molecular weight is 420 g/mol. The molecule has 5 heteroatoms. The normalized spacial score (nSPS) is 23.2. The highest BCUT2D eigenvalue weighted by Gasteiger charge is 2.43. The van der Waals surface area contributed by atoms with Crippen LogP contribution in [-0.4, -0.2) is 35.0 Å². The highest BCUT2D eigenvalue weighted by molar-refractivity contribution is 5.99. The van der Waals surface area contributed by atoms with Gasteiger partial charge in [-0.2, -0.15) is 0 Å². The zero-order chi connectivity index (χ0) is 22.0. The van der Waals surface area contributed by atoms with Crippen molar-refractivity contribution < 1.29 is 9.59 Å². The quantitative estimate of drug-likeness (QED) is 0.715. The molecule has 2 aliphatic heterocycles. The third-order valence-electron chi connectivity index (χ3n) is 6.43. The van der Waals surface area contributed by atoms with E-state index < -0.39 is 5.41 Å². The van der Waals surface area contributed by atoms with E-state index in [0.29, 0.717) is 0 Å². The smallest absolute Gasteiger partial charge is 0.329 e. The Hall–Kier alpha value is -2.82. The Morgan fingerprint density at radius 2 is 1.35 bits per heavy atom. The lowest BCUT2D eigenvalue weighted by molar-refractivity contribution is -0.129. The first-order valence-corrected chi connectivity index (χ1v) is 11.4. The molecule has 2 saturated heterocycles. The minimum Gasteiger partial charge on any atom is -0.353 e. The van der Waals surface area contributed by atoms with E-state index in [2.05, 4.69) is 10.2 Å². The molecule has 2 bridgehead atoms. The number of hydrogen-bond donors (Lipinski definition) is 1. The predicted molar refractivity (Wildman–Crippen MR) is 124 cm³/mol. The van der Waals surface area contributed by atoms with Gasteiger partial charge in [-0.3, -0.25) is 9.69 Å². The van der Waals surface area contributed by atoms with Crippen LogP contribution in [0.4, 0.5) is 16.2 Å². The number of urea groups is 1. The summed E-state index contributed by atoms with van der Waals surface area (Å²) >= 11 is 0. The van der Waals surface area contributed by atoms with Crippen LogP contribution in [0.5, 0.6) is 0 Å². The highest BCUT2D eigenvalue weighted by Crippen LogP contribution is 2.37. The Morgan fingerprint density at radius 1 is 0.871 bits per heavy atom. The van der Waals surface area contributed by atoms with Crippen LogP contribution in [0.25, 0.3) is 0 Å². The number of anilines is 2. The zero-order valence-corrected chi connectivity index (χ0v) is 18.8. The van der Waals surface area contributed by atoms with E-state index in [4.69, 9.17) is 0 Å². The van der Waals surface area contributed by atoms with Crippen LogP contribution in [0, 0.1) is 5.41 Å². The van der Waals surface area contributed by atoms with E-state index in [1.165, 1.54) is 0 Å². The van der Waals surface area contributed by atoms with Crippen molar-refractivity contribution in [1.82, 2.24) is 10.2 Å². The van der Waals surface area contributed by atoms with Gasteiger partial charge in [-0.1, -0.05) is 57.2 Å². The molecule has 2 fully saturated rings. The van der Waals surface area contributed by atoms with Crippen molar-refractivity contribution in [3.8, 4) is 0 Å². The number of benzene rings is 2. The van der Waals surface area contributed by atoms with E-state index in [0.717, 1.165) is 43.5 Å². The van der Waals surface area contributed by atoms with E-state index >= 15 is 0 Å². The van der Waals surface area contributed by atoms with Crippen LogP contribution in [0.2, 0.25) is 0 Å². The molecule has 5 nitrogen and oxygen atoms in total. The summed E-state index contributed by atoms with van der Waals surface area (Å²) in [7, 11) is 0. The van der Waals surface area contributed by atoms with Gasteiger partial charge in [-0.15, -0.1) is 0 Å². The lowest BCUT2D eigenvalue weighted by Crippen LogP contribution is -2.61. The van der Waals surface area contributed by atoms with Crippen molar-refractivity contribution in [3.63, 3.8) is 0 Å². The topological polar surface area (TPSA) is 52.7 Å². The molecule has 2 aromatic carbocycles. The first-order chi connectivity index (χ1) is 14.8. The molecule has 0 radical (unpaired) electrons. The van der Waals surface area contributed by atoms with Crippen molar-refractivity contribution in [2.24, 2.45) is 5.41 Å². The van der Waals surface area contributed by atoms with Gasteiger partial charge in [0.15, 0.2) is 0 Å². The molecular formula is C26H33N3O2. The molecule has 0 saturated carbocycles. The number of fused-ring (bicyclic) bond motifs is 2. The van der Waals surface area contributed by atoms with Crippen LogP contribution < -0.4 is 10.2 Å². The second-order valence-electron chi connectivity index (χ2n) is 9.83. The highest BCUT2D eigenvalue weighted by atomic mass is 16.2. The van der Waals surface area contributed by atoms with Crippen molar-refractivity contribution in [2.75, 3.05) is 4.90 Å². The minimum absolute atomic E-state index is 0.0349. The predicted octanol–water partition coefficient (Wildman–Crippen LogP) is 5.49. The Morgan fingerprint density at radius 3 is 1.81 bits per heavy atom. The van der Waals surface area contributed by atoms with E-state index in [-0.39, 0.29) is 30.1 Å². The number of piperidine rings is 2. The van der Waals surface area contributed by atoms with Crippen LogP contribution >= 0.6 is 0 Å². The molecule has 0 spiro atoms. The lowest BCUT2D eigenvalue weighted by Gasteiger charge is -2.50. The Kier molecular flexibility index (Phi) is 6.03. The molecule has 31 heavy (non-hydrogen) atoms. The van der Waals surface area contributed by atoms with Gasteiger partial charge >= 0.3 is 6.03 Å². The number of carbonyl (C=O) groups is 2. The molecule has 2 unspecified atom stereocenters. The van der Waals surface area contributed by atoms with Crippen LogP contribution in [0.15, 0.2) is 60.7 Å². The monoisotopic (exact) mass is 419 g/mol. The van der Waals surface area contributed by atoms with Crippen molar-refractivity contribution >= 4 is 23.3 Å². The largest absolute Gasteiger partial charge is 0.353 e. The fourth-order valence-corrected chi connectivity index (χ4v) is 4.85. The van der Waals surface area contributed by atoms with Crippen molar-refractivity contribution in [3.05, 3.63) is 60.7 Å². The van der Waals surface area contributed by atoms with Gasteiger partial charge in [0.25, 0.3) is 0 Å². The molecule has 0 aromatic heterocycles. The molecule has 2 aromatic rings. The summed E-state index contributed by atoms with van der Waals surface area (Å²) in [6.45, 7) is 5.83. The summed E-state index contributed by atoms with van der Waals surface area (Å²) in [5.74, 6) is 0.0885. The SMILES string of the molecule is CC(C)(C)C(=O)NC1CC2CCCC(C1)N2C(=O)N(c1ccccc1)c1ccccc1.